The molecule has 0 amide bonds. The third-order valence-electron chi connectivity index (χ3n) is 2.39. The molecule has 0 saturated heterocycles. The second kappa shape index (κ2) is 5.74. The van der Waals surface area contributed by atoms with Gasteiger partial charge in [-0.2, -0.15) is 0 Å². The summed E-state index contributed by atoms with van der Waals surface area (Å²) in [6, 6.07) is 7.09. The van der Waals surface area contributed by atoms with Crippen LogP contribution in [0.3, 0.4) is 0 Å². The van der Waals surface area contributed by atoms with Crippen LogP contribution >= 0.6 is 34.8 Å². The Balaban J connectivity index is 2.37. The number of anilines is 1. The molecule has 0 fully saturated rings. The Morgan fingerprint density at radius 2 is 1.78 bits per heavy atom. The number of nitrogens with zero attached hydrogens (tertiary/aromatic N) is 2. The van der Waals surface area contributed by atoms with E-state index in [0.717, 1.165) is 11.3 Å². The van der Waals surface area contributed by atoms with E-state index in [1.165, 1.54) is 0 Å². The van der Waals surface area contributed by atoms with Crippen molar-refractivity contribution in [2.24, 2.45) is 0 Å². The molecule has 0 unspecified atom stereocenters. The zero-order valence-corrected chi connectivity index (χ0v) is 11.8. The minimum absolute atomic E-state index is 0.382. The Morgan fingerprint density at radius 1 is 1.11 bits per heavy atom. The van der Waals surface area contributed by atoms with Crippen molar-refractivity contribution in [2.75, 3.05) is 12.4 Å². The van der Waals surface area contributed by atoms with Gasteiger partial charge in [0.05, 0.1) is 5.69 Å². The van der Waals surface area contributed by atoms with Crippen LogP contribution in [0.2, 0.25) is 15.2 Å². The number of hydrogen-bond donors (Lipinski definition) is 1. The van der Waals surface area contributed by atoms with Crippen LogP contribution in [0.15, 0.2) is 24.3 Å². The van der Waals surface area contributed by atoms with Crippen molar-refractivity contribution in [1.29, 1.82) is 0 Å². The van der Waals surface area contributed by atoms with Crippen LogP contribution in [0, 0.1) is 0 Å². The van der Waals surface area contributed by atoms with Crippen LogP contribution in [0.4, 0.5) is 5.95 Å². The highest BCUT2D eigenvalue weighted by atomic mass is 35.5. The van der Waals surface area contributed by atoms with E-state index in [1.807, 2.05) is 0 Å². The van der Waals surface area contributed by atoms with Gasteiger partial charge in [-0.15, -0.1) is 0 Å². The van der Waals surface area contributed by atoms with Gasteiger partial charge in [0.25, 0.3) is 0 Å². The first-order valence-corrected chi connectivity index (χ1v) is 6.37. The van der Waals surface area contributed by atoms with E-state index in [2.05, 4.69) is 15.3 Å². The average molecular weight is 303 g/mol. The van der Waals surface area contributed by atoms with Gasteiger partial charge in [-0.25, -0.2) is 9.97 Å². The van der Waals surface area contributed by atoms with Gasteiger partial charge in [0.1, 0.15) is 5.15 Å². The molecule has 1 heterocycles. The quantitative estimate of drug-likeness (QED) is 0.869. The lowest BCUT2D eigenvalue weighted by Gasteiger charge is -2.08. The summed E-state index contributed by atoms with van der Waals surface area (Å²) in [7, 11) is 1.73. The lowest BCUT2D eigenvalue weighted by molar-refractivity contribution is 1.03. The van der Waals surface area contributed by atoms with Gasteiger partial charge in [-0.05, 0) is 23.8 Å². The SMILES string of the molecule is CNc1nc(Cl)cc(Cc2c(Cl)cccc2Cl)n1. The number of rotatable bonds is 3. The molecule has 0 saturated carbocycles. The van der Waals surface area contributed by atoms with Gasteiger partial charge in [0, 0.05) is 23.5 Å². The minimum Gasteiger partial charge on any atom is -0.357 e. The fraction of sp³-hybridized carbons (Fsp3) is 0.167. The molecular weight excluding hydrogens is 293 g/mol. The van der Waals surface area contributed by atoms with E-state index in [1.54, 1.807) is 31.3 Å². The molecule has 6 heteroatoms. The summed E-state index contributed by atoms with van der Waals surface area (Å²) < 4.78 is 0. The molecule has 0 bridgehead atoms. The Hall–Kier alpha value is -1.03. The molecule has 0 aliphatic carbocycles. The van der Waals surface area contributed by atoms with Crippen LogP contribution in [0.25, 0.3) is 0 Å². The van der Waals surface area contributed by atoms with Crippen LogP contribution in [-0.2, 0) is 6.42 Å². The van der Waals surface area contributed by atoms with E-state index in [9.17, 15) is 0 Å². The van der Waals surface area contributed by atoms with Crippen LogP contribution < -0.4 is 5.32 Å². The van der Waals surface area contributed by atoms with Gasteiger partial charge in [0.15, 0.2) is 0 Å². The standard InChI is InChI=1S/C12H10Cl3N3/c1-16-12-17-7(6-11(15)18-12)5-8-9(13)3-2-4-10(8)14/h2-4,6H,5H2,1H3,(H,16,17,18). The monoisotopic (exact) mass is 301 g/mol. The molecule has 0 spiro atoms. The van der Waals surface area contributed by atoms with E-state index >= 15 is 0 Å². The number of nitrogens with one attached hydrogen (secondary N) is 1. The number of hydrogen-bond acceptors (Lipinski definition) is 3. The zero-order valence-electron chi connectivity index (χ0n) is 9.54. The molecule has 1 aromatic carbocycles. The molecule has 1 N–H and O–H groups in total. The van der Waals surface area contributed by atoms with Crippen molar-refractivity contribution in [1.82, 2.24) is 9.97 Å². The molecule has 0 radical (unpaired) electrons. The van der Waals surface area contributed by atoms with Crippen molar-refractivity contribution >= 4 is 40.8 Å². The minimum atomic E-state index is 0.382. The normalized spacial score (nSPS) is 10.4. The van der Waals surface area contributed by atoms with Gasteiger partial charge < -0.3 is 5.32 Å². The van der Waals surface area contributed by atoms with Crippen LogP contribution in [-0.4, -0.2) is 17.0 Å². The summed E-state index contributed by atoms with van der Waals surface area (Å²) in [6.07, 6.45) is 0.509. The second-order valence-electron chi connectivity index (χ2n) is 3.63. The Labute approximate surface area is 120 Å². The third-order valence-corrected chi connectivity index (χ3v) is 3.29. The molecule has 1 aromatic heterocycles. The zero-order chi connectivity index (χ0) is 13.1. The number of benzene rings is 1. The lowest BCUT2D eigenvalue weighted by Crippen LogP contribution is -2.01. The van der Waals surface area contributed by atoms with Crippen LogP contribution in [0.5, 0.6) is 0 Å². The molecular formula is C12H10Cl3N3. The van der Waals surface area contributed by atoms with Crippen molar-refractivity contribution in [3.63, 3.8) is 0 Å². The summed E-state index contributed by atoms with van der Waals surface area (Å²) in [6.45, 7) is 0. The molecule has 3 nitrogen and oxygen atoms in total. The molecule has 18 heavy (non-hydrogen) atoms. The Morgan fingerprint density at radius 3 is 2.39 bits per heavy atom. The molecule has 2 rings (SSSR count). The fourth-order valence-electron chi connectivity index (χ4n) is 1.55. The Kier molecular flexibility index (Phi) is 4.27. The van der Waals surface area contributed by atoms with Gasteiger partial charge in [0.2, 0.25) is 5.95 Å². The number of halogens is 3. The van der Waals surface area contributed by atoms with Crippen molar-refractivity contribution in [3.05, 3.63) is 50.7 Å². The first kappa shape index (κ1) is 13.4. The van der Waals surface area contributed by atoms with Crippen molar-refractivity contribution in [2.45, 2.75) is 6.42 Å². The molecule has 0 atom stereocenters. The van der Waals surface area contributed by atoms with E-state index in [-0.39, 0.29) is 0 Å². The average Bonchev–Trinajstić information content (AvgIpc) is 2.33. The smallest absolute Gasteiger partial charge is 0.224 e. The maximum Gasteiger partial charge on any atom is 0.224 e. The molecule has 2 aromatic rings. The molecule has 0 aliphatic rings. The lowest BCUT2D eigenvalue weighted by atomic mass is 10.1. The van der Waals surface area contributed by atoms with E-state index < -0.39 is 0 Å². The van der Waals surface area contributed by atoms with E-state index in [0.29, 0.717) is 27.6 Å². The first-order valence-electron chi connectivity index (χ1n) is 5.24. The summed E-state index contributed by atoms with van der Waals surface area (Å²) in [5.74, 6) is 0.473. The number of aromatic nitrogens is 2. The second-order valence-corrected chi connectivity index (χ2v) is 4.83. The predicted octanol–water partition coefficient (Wildman–Crippen LogP) is 4.07. The highest BCUT2D eigenvalue weighted by Gasteiger charge is 2.09. The topological polar surface area (TPSA) is 37.8 Å². The van der Waals surface area contributed by atoms with Gasteiger partial charge >= 0.3 is 0 Å². The van der Waals surface area contributed by atoms with Crippen molar-refractivity contribution in [3.8, 4) is 0 Å². The van der Waals surface area contributed by atoms with E-state index in [4.69, 9.17) is 34.8 Å². The highest BCUT2D eigenvalue weighted by Crippen LogP contribution is 2.27. The van der Waals surface area contributed by atoms with Gasteiger partial charge in [-0.3, -0.25) is 0 Å². The third kappa shape index (κ3) is 3.05. The highest BCUT2D eigenvalue weighted by molar-refractivity contribution is 6.36. The summed E-state index contributed by atoms with van der Waals surface area (Å²) >= 11 is 18.2. The maximum atomic E-state index is 6.12. The first-order chi connectivity index (χ1) is 8.60. The summed E-state index contributed by atoms with van der Waals surface area (Å²) in [5.41, 5.74) is 1.59. The molecule has 0 aliphatic heterocycles. The summed E-state index contributed by atoms with van der Waals surface area (Å²) in [5, 5.41) is 4.46. The largest absolute Gasteiger partial charge is 0.357 e. The van der Waals surface area contributed by atoms with Gasteiger partial charge in [-0.1, -0.05) is 40.9 Å². The van der Waals surface area contributed by atoms with Crippen LogP contribution in [0.1, 0.15) is 11.3 Å². The Bertz CT molecular complexity index is 552. The molecule has 94 valence electrons. The summed E-state index contributed by atoms with van der Waals surface area (Å²) in [4.78, 5) is 8.32. The predicted molar refractivity (Wildman–Crippen MR) is 75.9 cm³/mol. The fourth-order valence-corrected chi connectivity index (χ4v) is 2.29. The maximum absolute atomic E-state index is 6.12. The van der Waals surface area contributed by atoms with Crippen molar-refractivity contribution < 1.29 is 0 Å².